The number of aromatic nitrogens is 4. The molecule has 0 fully saturated rings. The standard InChI is InChI=1S/C14H21N5/c1-12-4-7-19(17-12)9-8-18(3)13(2)10-14-11-15-5-6-16-14/h4-7,11,13H,8-10H2,1-3H3/t13-/m0/s1. The smallest absolute Gasteiger partial charge is 0.0602 e. The maximum absolute atomic E-state index is 4.39. The van der Waals surface area contributed by atoms with E-state index >= 15 is 0 Å². The van der Waals surface area contributed by atoms with Crippen LogP contribution in [-0.4, -0.2) is 44.3 Å². The highest BCUT2D eigenvalue weighted by molar-refractivity contribution is 4.97. The van der Waals surface area contributed by atoms with Crippen LogP contribution in [0.15, 0.2) is 30.9 Å². The summed E-state index contributed by atoms with van der Waals surface area (Å²) < 4.78 is 1.99. The lowest BCUT2D eigenvalue weighted by Crippen LogP contribution is -2.33. The zero-order chi connectivity index (χ0) is 13.7. The molecule has 0 aliphatic heterocycles. The molecule has 0 N–H and O–H groups in total. The van der Waals surface area contributed by atoms with Crippen molar-refractivity contribution in [2.45, 2.75) is 32.9 Å². The predicted octanol–water partition coefficient (Wildman–Crippen LogP) is 1.54. The first-order valence-corrected chi connectivity index (χ1v) is 6.60. The molecule has 102 valence electrons. The Balaban J connectivity index is 1.80. The van der Waals surface area contributed by atoms with Gasteiger partial charge in [0.15, 0.2) is 0 Å². The normalized spacial score (nSPS) is 12.8. The molecule has 19 heavy (non-hydrogen) atoms. The van der Waals surface area contributed by atoms with Crippen molar-refractivity contribution in [1.29, 1.82) is 0 Å². The summed E-state index contributed by atoms with van der Waals surface area (Å²) in [6.07, 6.45) is 8.23. The van der Waals surface area contributed by atoms with E-state index in [4.69, 9.17) is 0 Å². The Bertz CT molecular complexity index is 494. The molecule has 0 amide bonds. The van der Waals surface area contributed by atoms with E-state index in [1.54, 1.807) is 12.4 Å². The fourth-order valence-corrected chi connectivity index (χ4v) is 1.96. The first-order valence-electron chi connectivity index (χ1n) is 6.60. The monoisotopic (exact) mass is 259 g/mol. The summed E-state index contributed by atoms with van der Waals surface area (Å²) in [6.45, 7) is 6.11. The van der Waals surface area contributed by atoms with Crippen molar-refractivity contribution in [1.82, 2.24) is 24.6 Å². The lowest BCUT2D eigenvalue weighted by Gasteiger charge is -2.24. The first kappa shape index (κ1) is 13.7. The van der Waals surface area contributed by atoms with Crippen molar-refractivity contribution >= 4 is 0 Å². The van der Waals surface area contributed by atoms with Crippen LogP contribution >= 0.6 is 0 Å². The van der Waals surface area contributed by atoms with Crippen molar-refractivity contribution in [2.75, 3.05) is 13.6 Å². The van der Waals surface area contributed by atoms with Crippen LogP contribution in [0.4, 0.5) is 0 Å². The SMILES string of the molecule is Cc1ccn(CCN(C)[C@@H](C)Cc2cnccn2)n1. The predicted molar refractivity (Wildman–Crippen MR) is 74.8 cm³/mol. The molecule has 0 spiro atoms. The number of likely N-dealkylation sites (N-methyl/N-ethyl adjacent to an activating group) is 1. The van der Waals surface area contributed by atoms with Crippen LogP contribution in [0.25, 0.3) is 0 Å². The molecule has 2 aromatic rings. The first-order chi connectivity index (χ1) is 9.15. The fraction of sp³-hybridized carbons (Fsp3) is 0.500. The molecule has 2 rings (SSSR count). The zero-order valence-corrected chi connectivity index (χ0v) is 11.8. The van der Waals surface area contributed by atoms with E-state index in [0.29, 0.717) is 6.04 Å². The van der Waals surface area contributed by atoms with Crippen LogP contribution < -0.4 is 0 Å². The van der Waals surface area contributed by atoms with Crippen LogP contribution in [0.2, 0.25) is 0 Å². The number of aryl methyl sites for hydroxylation is 1. The van der Waals surface area contributed by atoms with Crippen LogP contribution in [0, 0.1) is 6.92 Å². The molecule has 0 radical (unpaired) electrons. The minimum atomic E-state index is 0.438. The van der Waals surface area contributed by atoms with Crippen LogP contribution in [0.5, 0.6) is 0 Å². The third-order valence-corrected chi connectivity index (χ3v) is 3.33. The molecule has 0 aliphatic rings. The maximum atomic E-state index is 4.39. The van der Waals surface area contributed by atoms with Gasteiger partial charge in [0.1, 0.15) is 0 Å². The van der Waals surface area contributed by atoms with Gasteiger partial charge in [-0.3, -0.25) is 14.6 Å². The minimum Gasteiger partial charge on any atom is -0.301 e. The molecule has 1 atom stereocenters. The van der Waals surface area contributed by atoms with Crippen LogP contribution in [0.1, 0.15) is 18.3 Å². The number of nitrogens with zero attached hydrogens (tertiary/aromatic N) is 5. The molecule has 5 heteroatoms. The molecule has 0 bridgehead atoms. The van der Waals surface area contributed by atoms with Crippen molar-refractivity contribution in [2.24, 2.45) is 0 Å². The highest BCUT2D eigenvalue weighted by atomic mass is 15.3. The largest absolute Gasteiger partial charge is 0.301 e. The van der Waals surface area contributed by atoms with Crippen LogP contribution in [-0.2, 0) is 13.0 Å². The highest BCUT2D eigenvalue weighted by Gasteiger charge is 2.10. The maximum Gasteiger partial charge on any atom is 0.0602 e. The van der Waals surface area contributed by atoms with Crippen LogP contribution in [0.3, 0.4) is 0 Å². The second-order valence-corrected chi connectivity index (χ2v) is 4.95. The zero-order valence-electron chi connectivity index (χ0n) is 11.8. The van der Waals surface area contributed by atoms with Gasteiger partial charge >= 0.3 is 0 Å². The summed E-state index contributed by atoms with van der Waals surface area (Å²) in [5.74, 6) is 0. The Labute approximate surface area is 114 Å². The third-order valence-electron chi connectivity index (χ3n) is 3.33. The Morgan fingerprint density at radius 3 is 2.84 bits per heavy atom. The third kappa shape index (κ3) is 4.13. The minimum absolute atomic E-state index is 0.438. The lowest BCUT2D eigenvalue weighted by atomic mass is 10.1. The van der Waals surface area contributed by atoms with Gasteiger partial charge in [0.05, 0.1) is 17.9 Å². The van der Waals surface area contributed by atoms with Crippen molar-refractivity contribution in [3.63, 3.8) is 0 Å². The van der Waals surface area contributed by atoms with Gasteiger partial charge in [0.25, 0.3) is 0 Å². The van der Waals surface area contributed by atoms with Gasteiger partial charge in [-0.15, -0.1) is 0 Å². The molecular weight excluding hydrogens is 238 g/mol. The van der Waals surface area contributed by atoms with Gasteiger partial charge in [-0.1, -0.05) is 0 Å². The number of rotatable bonds is 6. The Hall–Kier alpha value is -1.75. The van der Waals surface area contributed by atoms with E-state index in [1.807, 2.05) is 30.1 Å². The van der Waals surface area contributed by atoms with Gasteiger partial charge in [-0.25, -0.2) is 0 Å². The summed E-state index contributed by atoms with van der Waals surface area (Å²) in [6, 6.07) is 2.47. The molecule has 2 aromatic heterocycles. The molecule has 5 nitrogen and oxygen atoms in total. The molecule has 0 saturated carbocycles. The topological polar surface area (TPSA) is 46.8 Å². The van der Waals surface area contributed by atoms with Gasteiger partial charge in [-0.05, 0) is 27.0 Å². The molecule has 2 heterocycles. The van der Waals surface area contributed by atoms with E-state index in [0.717, 1.165) is 30.9 Å². The number of hydrogen-bond donors (Lipinski definition) is 0. The molecular formula is C14H21N5. The second-order valence-electron chi connectivity index (χ2n) is 4.95. The summed E-state index contributed by atoms with van der Waals surface area (Å²) in [4.78, 5) is 10.7. The molecule has 0 aromatic carbocycles. The van der Waals surface area contributed by atoms with Crippen molar-refractivity contribution in [3.8, 4) is 0 Å². The lowest BCUT2D eigenvalue weighted by molar-refractivity contribution is 0.241. The average molecular weight is 259 g/mol. The van der Waals surface area contributed by atoms with Gasteiger partial charge in [0.2, 0.25) is 0 Å². The molecule has 0 aliphatic carbocycles. The molecule has 0 saturated heterocycles. The summed E-state index contributed by atoms with van der Waals surface area (Å²) >= 11 is 0. The summed E-state index contributed by atoms with van der Waals surface area (Å²) in [7, 11) is 2.14. The Morgan fingerprint density at radius 2 is 2.21 bits per heavy atom. The van der Waals surface area contributed by atoms with E-state index in [1.165, 1.54) is 0 Å². The average Bonchev–Trinajstić information content (AvgIpc) is 2.83. The Kier molecular flexibility index (Phi) is 4.63. The second kappa shape index (κ2) is 6.43. The van der Waals surface area contributed by atoms with Gasteiger partial charge < -0.3 is 4.90 Å². The van der Waals surface area contributed by atoms with E-state index < -0.39 is 0 Å². The number of hydrogen-bond acceptors (Lipinski definition) is 4. The Morgan fingerprint density at radius 1 is 1.37 bits per heavy atom. The molecule has 0 unspecified atom stereocenters. The highest BCUT2D eigenvalue weighted by Crippen LogP contribution is 2.04. The van der Waals surface area contributed by atoms with Crippen molar-refractivity contribution < 1.29 is 0 Å². The van der Waals surface area contributed by atoms with Gasteiger partial charge in [0, 0.05) is 43.8 Å². The quantitative estimate of drug-likeness (QED) is 0.789. The summed E-state index contributed by atoms with van der Waals surface area (Å²) in [5, 5.41) is 4.39. The summed E-state index contributed by atoms with van der Waals surface area (Å²) in [5.41, 5.74) is 2.10. The van der Waals surface area contributed by atoms with Crippen molar-refractivity contribution in [3.05, 3.63) is 42.2 Å². The van der Waals surface area contributed by atoms with E-state index in [2.05, 4.69) is 33.9 Å². The van der Waals surface area contributed by atoms with E-state index in [9.17, 15) is 0 Å². The fourth-order valence-electron chi connectivity index (χ4n) is 1.96. The van der Waals surface area contributed by atoms with E-state index in [-0.39, 0.29) is 0 Å². The van der Waals surface area contributed by atoms with Gasteiger partial charge in [-0.2, -0.15) is 5.10 Å².